The Morgan fingerprint density at radius 1 is 1.29 bits per heavy atom. The van der Waals surface area contributed by atoms with Crippen molar-refractivity contribution in [2.24, 2.45) is 0 Å². The molecule has 0 aliphatic carbocycles. The fourth-order valence-electron chi connectivity index (χ4n) is 3.65. The van der Waals surface area contributed by atoms with Crippen LogP contribution in [0.1, 0.15) is 37.3 Å². The third-order valence-electron chi connectivity index (χ3n) is 4.83. The predicted molar refractivity (Wildman–Crippen MR) is 89.7 cm³/mol. The van der Waals surface area contributed by atoms with Gasteiger partial charge in [0.15, 0.2) is 0 Å². The molecule has 3 nitrogen and oxygen atoms in total. The van der Waals surface area contributed by atoms with E-state index >= 15 is 0 Å². The molecule has 0 bridgehead atoms. The predicted octanol–water partition coefficient (Wildman–Crippen LogP) is 3.30. The zero-order valence-corrected chi connectivity index (χ0v) is 13.3. The Balaban J connectivity index is 1.83. The average molecular weight is 285 g/mol. The number of hydrogen-bond acceptors (Lipinski definition) is 2. The number of para-hydroxylation sites is 1. The largest absolute Gasteiger partial charge is 0.361 e. The van der Waals surface area contributed by atoms with Crippen molar-refractivity contribution < 1.29 is 0 Å². The lowest BCUT2D eigenvalue weighted by Crippen LogP contribution is -2.44. The zero-order chi connectivity index (χ0) is 14.7. The van der Waals surface area contributed by atoms with Gasteiger partial charge in [-0.25, -0.2) is 0 Å². The van der Waals surface area contributed by atoms with Crippen molar-refractivity contribution in [1.29, 1.82) is 0 Å². The Labute approximate surface area is 127 Å². The number of nitrogens with zero attached hydrogens (tertiary/aromatic N) is 1. The number of rotatable bonds is 5. The van der Waals surface area contributed by atoms with E-state index in [1.165, 1.54) is 47.8 Å². The van der Waals surface area contributed by atoms with Gasteiger partial charge in [0, 0.05) is 36.2 Å². The standard InChI is InChI=1S/C18H27N3/c1-3-14-7-6-9-17-15(11-20-18(14)17)13-21-10-5-4-8-16(21)12-19-2/h6-7,9,11,16,19-20H,3-5,8,10,12-13H2,1-2H3. The molecule has 0 radical (unpaired) electrons. The molecule has 1 aromatic heterocycles. The third kappa shape index (κ3) is 2.99. The van der Waals surface area contributed by atoms with Crippen molar-refractivity contribution in [3.8, 4) is 0 Å². The second-order valence-electron chi connectivity index (χ2n) is 6.18. The summed E-state index contributed by atoms with van der Waals surface area (Å²) in [6.07, 6.45) is 7.33. The first-order valence-corrected chi connectivity index (χ1v) is 8.30. The molecule has 1 aliphatic rings. The number of fused-ring (bicyclic) bond motifs is 1. The van der Waals surface area contributed by atoms with Crippen LogP contribution in [0.25, 0.3) is 10.9 Å². The molecule has 114 valence electrons. The van der Waals surface area contributed by atoms with Crippen molar-refractivity contribution in [2.45, 2.75) is 45.2 Å². The number of likely N-dealkylation sites (tertiary alicyclic amines) is 1. The summed E-state index contributed by atoms with van der Waals surface area (Å²) in [7, 11) is 2.06. The van der Waals surface area contributed by atoms with Crippen molar-refractivity contribution in [3.05, 3.63) is 35.5 Å². The average Bonchev–Trinajstić information content (AvgIpc) is 2.93. The van der Waals surface area contributed by atoms with Gasteiger partial charge >= 0.3 is 0 Å². The van der Waals surface area contributed by atoms with Crippen LogP contribution in [0.15, 0.2) is 24.4 Å². The Hall–Kier alpha value is -1.32. The van der Waals surface area contributed by atoms with Crippen LogP contribution in [-0.2, 0) is 13.0 Å². The van der Waals surface area contributed by atoms with E-state index in [-0.39, 0.29) is 0 Å². The lowest BCUT2D eigenvalue weighted by molar-refractivity contribution is 0.140. The molecule has 0 spiro atoms. The highest BCUT2D eigenvalue weighted by Gasteiger charge is 2.22. The van der Waals surface area contributed by atoms with E-state index in [0.29, 0.717) is 6.04 Å². The molecule has 1 fully saturated rings. The fourth-order valence-corrected chi connectivity index (χ4v) is 3.65. The van der Waals surface area contributed by atoms with E-state index in [1.807, 2.05) is 0 Å². The smallest absolute Gasteiger partial charge is 0.0489 e. The lowest BCUT2D eigenvalue weighted by atomic mass is 10.0. The summed E-state index contributed by atoms with van der Waals surface area (Å²) in [5.74, 6) is 0. The number of H-pyrrole nitrogens is 1. The summed E-state index contributed by atoms with van der Waals surface area (Å²) in [4.78, 5) is 6.16. The minimum atomic E-state index is 0.683. The quantitative estimate of drug-likeness (QED) is 0.883. The van der Waals surface area contributed by atoms with E-state index in [2.05, 4.69) is 53.6 Å². The van der Waals surface area contributed by atoms with Crippen molar-refractivity contribution >= 4 is 10.9 Å². The van der Waals surface area contributed by atoms with E-state index in [4.69, 9.17) is 0 Å². The highest BCUT2D eigenvalue weighted by molar-refractivity contribution is 5.86. The van der Waals surface area contributed by atoms with Crippen LogP contribution in [0.5, 0.6) is 0 Å². The van der Waals surface area contributed by atoms with Crippen LogP contribution in [0.4, 0.5) is 0 Å². The van der Waals surface area contributed by atoms with Gasteiger partial charge in [0.2, 0.25) is 0 Å². The van der Waals surface area contributed by atoms with Crippen LogP contribution in [-0.4, -0.2) is 36.1 Å². The molecule has 2 heterocycles. The number of aryl methyl sites for hydroxylation is 1. The number of benzene rings is 1. The molecule has 1 aliphatic heterocycles. The van der Waals surface area contributed by atoms with Crippen LogP contribution in [0, 0.1) is 0 Å². The summed E-state index contributed by atoms with van der Waals surface area (Å²) in [5, 5.41) is 4.76. The monoisotopic (exact) mass is 285 g/mol. The third-order valence-corrected chi connectivity index (χ3v) is 4.83. The van der Waals surface area contributed by atoms with Crippen molar-refractivity contribution in [2.75, 3.05) is 20.1 Å². The second-order valence-corrected chi connectivity index (χ2v) is 6.18. The maximum atomic E-state index is 3.50. The first-order valence-electron chi connectivity index (χ1n) is 8.30. The van der Waals surface area contributed by atoms with Gasteiger partial charge in [0.05, 0.1) is 0 Å². The number of likely N-dealkylation sites (N-methyl/N-ethyl adjacent to an activating group) is 1. The Morgan fingerprint density at radius 3 is 3.00 bits per heavy atom. The number of hydrogen-bond donors (Lipinski definition) is 2. The van der Waals surface area contributed by atoms with Crippen molar-refractivity contribution in [3.63, 3.8) is 0 Å². The van der Waals surface area contributed by atoms with Gasteiger partial charge in [0.1, 0.15) is 0 Å². The summed E-state index contributed by atoms with van der Waals surface area (Å²) in [5.41, 5.74) is 4.20. The molecule has 1 saturated heterocycles. The van der Waals surface area contributed by atoms with Crippen molar-refractivity contribution in [1.82, 2.24) is 15.2 Å². The molecule has 21 heavy (non-hydrogen) atoms. The number of piperidine rings is 1. The molecule has 3 heteroatoms. The Morgan fingerprint density at radius 2 is 2.19 bits per heavy atom. The highest BCUT2D eigenvalue weighted by Crippen LogP contribution is 2.26. The molecule has 2 N–H and O–H groups in total. The maximum absolute atomic E-state index is 3.50. The lowest BCUT2D eigenvalue weighted by Gasteiger charge is -2.35. The molecular formula is C18H27N3. The second kappa shape index (κ2) is 6.63. The molecular weight excluding hydrogens is 258 g/mol. The zero-order valence-electron chi connectivity index (χ0n) is 13.3. The topological polar surface area (TPSA) is 31.1 Å². The summed E-state index contributed by atoms with van der Waals surface area (Å²) in [6, 6.07) is 7.37. The van der Waals surface area contributed by atoms with Gasteiger partial charge in [0.25, 0.3) is 0 Å². The van der Waals surface area contributed by atoms with Crippen LogP contribution >= 0.6 is 0 Å². The SMILES string of the molecule is CCc1cccc2c(CN3CCCCC3CNC)c[nH]c12. The highest BCUT2D eigenvalue weighted by atomic mass is 15.2. The summed E-state index contributed by atoms with van der Waals surface area (Å²) < 4.78 is 0. The van der Waals surface area contributed by atoms with E-state index < -0.39 is 0 Å². The van der Waals surface area contributed by atoms with Gasteiger partial charge < -0.3 is 10.3 Å². The number of nitrogens with one attached hydrogen (secondary N) is 2. The number of aromatic nitrogens is 1. The molecule has 1 aromatic carbocycles. The van der Waals surface area contributed by atoms with Gasteiger partial charge in [-0.2, -0.15) is 0 Å². The summed E-state index contributed by atoms with van der Waals surface area (Å²) in [6.45, 7) is 5.62. The maximum Gasteiger partial charge on any atom is 0.0489 e. The van der Waals surface area contributed by atoms with Gasteiger partial charge in [-0.1, -0.05) is 31.5 Å². The Kier molecular flexibility index (Phi) is 4.61. The summed E-state index contributed by atoms with van der Waals surface area (Å²) >= 11 is 0. The van der Waals surface area contributed by atoms with Crippen LogP contribution in [0.2, 0.25) is 0 Å². The molecule has 0 saturated carbocycles. The normalized spacial score (nSPS) is 20.2. The van der Waals surface area contributed by atoms with E-state index in [1.54, 1.807) is 0 Å². The fraction of sp³-hybridized carbons (Fsp3) is 0.556. The molecule has 2 aromatic rings. The molecule has 0 amide bonds. The molecule has 3 rings (SSSR count). The number of aromatic amines is 1. The Bertz CT molecular complexity index is 585. The van der Waals surface area contributed by atoms with Crippen LogP contribution in [0.3, 0.4) is 0 Å². The minimum Gasteiger partial charge on any atom is -0.361 e. The van der Waals surface area contributed by atoms with Gasteiger partial charge in [-0.15, -0.1) is 0 Å². The van der Waals surface area contributed by atoms with Gasteiger partial charge in [-0.3, -0.25) is 4.90 Å². The van der Waals surface area contributed by atoms with Gasteiger partial charge in [-0.05, 0) is 44.0 Å². The first kappa shape index (κ1) is 14.6. The molecule has 1 unspecified atom stereocenters. The van der Waals surface area contributed by atoms with E-state index in [0.717, 1.165) is 19.5 Å². The minimum absolute atomic E-state index is 0.683. The first-order chi connectivity index (χ1) is 10.3. The van der Waals surface area contributed by atoms with E-state index in [9.17, 15) is 0 Å². The van der Waals surface area contributed by atoms with Crippen LogP contribution < -0.4 is 5.32 Å². The molecule has 1 atom stereocenters.